The number of nitrogens with two attached hydrogens (primary N) is 1. The third kappa shape index (κ3) is 2.38. The normalized spacial score (nSPS) is 10.7. The van der Waals surface area contributed by atoms with Crippen LogP contribution in [0.25, 0.3) is 10.8 Å². The predicted octanol–water partition coefficient (Wildman–Crippen LogP) is 2.91. The molecule has 2 aromatic heterocycles. The second-order valence-electron chi connectivity index (χ2n) is 4.48. The number of pyridine rings is 1. The van der Waals surface area contributed by atoms with Crippen LogP contribution in [-0.4, -0.2) is 15.0 Å². The Kier molecular flexibility index (Phi) is 3.16. The van der Waals surface area contributed by atoms with Gasteiger partial charge in [0, 0.05) is 36.0 Å². The van der Waals surface area contributed by atoms with Crippen LogP contribution in [-0.2, 0) is 6.42 Å². The molecule has 20 heavy (non-hydrogen) atoms. The van der Waals surface area contributed by atoms with Gasteiger partial charge in [0.25, 0.3) is 0 Å². The molecule has 0 amide bonds. The highest BCUT2D eigenvalue weighted by Crippen LogP contribution is 2.25. The third-order valence-corrected chi connectivity index (χ3v) is 3.05. The van der Waals surface area contributed by atoms with Crippen molar-refractivity contribution in [3.63, 3.8) is 0 Å². The van der Waals surface area contributed by atoms with Gasteiger partial charge >= 0.3 is 0 Å². The zero-order valence-corrected chi connectivity index (χ0v) is 11.2. The molecule has 0 unspecified atom stereocenters. The minimum Gasteiger partial charge on any atom is -0.384 e. The van der Waals surface area contributed by atoms with Gasteiger partial charge in [-0.05, 0) is 17.5 Å². The molecule has 0 spiro atoms. The molecule has 0 radical (unpaired) electrons. The van der Waals surface area contributed by atoms with E-state index >= 15 is 0 Å². The summed E-state index contributed by atoms with van der Waals surface area (Å²) in [4.78, 5) is 12.8. The Hall–Kier alpha value is -2.69. The number of aromatic nitrogens is 3. The van der Waals surface area contributed by atoms with Crippen LogP contribution in [0.1, 0.15) is 12.7 Å². The van der Waals surface area contributed by atoms with Gasteiger partial charge in [-0.3, -0.25) is 4.98 Å². The summed E-state index contributed by atoms with van der Waals surface area (Å²) in [5, 5.41) is 5.47. The number of hydrogen-bond donors (Lipinski definition) is 2. The van der Waals surface area contributed by atoms with E-state index in [0.29, 0.717) is 11.6 Å². The Morgan fingerprint density at radius 1 is 1.20 bits per heavy atom. The summed E-state index contributed by atoms with van der Waals surface area (Å²) < 4.78 is 0. The van der Waals surface area contributed by atoms with Crippen molar-refractivity contribution in [2.75, 3.05) is 11.1 Å². The van der Waals surface area contributed by atoms with Gasteiger partial charge in [-0.15, -0.1) is 0 Å². The molecule has 3 aromatic rings. The second-order valence-corrected chi connectivity index (χ2v) is 4.48. The number of rotatable bonds is 3. The van der Waals surface area contributed by atoms with Gasteiger partial charge in [0.05, 0.1) is 0 Å². The van der Waals surface area contributed by atoms with E-state index in [1.807, 2.05) is 37.4 Å². The fourth-order valence-corrected chi connectivity index (χ4v) is 2.10. The Balaban J connectivity index is 2.03. The summed E-state index contributed by atoms with van der Waals surface area (Å²) in [6.07, 6.45) is 4.36. The summed E-state index contributed by atoms with van der Waals surface area (Å²) in [7, 11) is 0. The van der Waals surface area contributed by atoms with Crippen molar-refractivity contribution in [2.24, 2.45) is 0 Å². The molecule has 0 aliphatic rings. The van der Waals surface area contributed by atoms with Gasteiger partial charge in [0.15, 0.2) is 0 Å². The van der Waals surface area contributed by atoms with Gasteiger partial charge in [-0.2, -0.15) is 0 Å². The van der Waals surface area contributed by atoms with E-state index in [-0.39, 0.29) is 0 Å². The summed E-state index contributed by atoms with van der Waals surface area (Å²) in [6, 6.07) is 9.75. The van der Waals surface area contributed by atoms with E-state index in [0.717, 1.165) is 28.7 Å². The highest BCUT2D eigenvalue weighted by Gasteiger charge is 2.04. The Morgan fingerprint density at radius 3 is 2.95 bits per heavy atom. The molecule has 100 valence electrons. The maximum atomic E-state index is 5.80. The number of aryl methyl sites for hydroxylation is 1. The summed E-state index contributed by atoms with van der Waals surface area (Å²) >= 11 is 0. The molecule has 5 nitrogen and oxygen atoms in total. The Bertz CT molecular complexity index is 749. The van der Waals surface area contributed by atoms with Crippen molar-refractivity contribution < 1.29 is 0 Å². The van der Waals surface area contributed by atoms with E-state index in [1.165, 1.54) is 0 Å². The lowest BCUT2D eigenvalue weighted by atomic mass is 10.1. The highest BCUT2D eigenvalue weighted by molar-refractivity contribution is 5.94. The monoisotopic (exact) mass is 265 g/mol. The Labute approximate surface area is 116 Å². The van der Waals surface area contributed by atoms with Crippen molar-refractivity contribution in [2.45, 2.75) is 13.3 Å². The molecule has 0 atom stereocenters. The van der Waals surface area contributed by atoms with Crippen LogP contribution in [0.15, 0.2) is 42.7 Å². The highest BCUT2D eigenvalue weighted by atomic mass is 15.0. The fourth-order valence-electron chi connectivity index (χ4n) is 2.10. The lowest BCUT2D eigenvalue weighted by Crippen LogP contribution is -2.03. The molecule has 0 saturated heterocycles. The zero-order chi connectivity index (χ0) is 13.9. The maximum Gasteiger partial charge on any atom is 0.136 e. The molecule has 0 aliphatic heterocycles. The molecule has 0 saturated carbocycles. The molecule has 0 fully saturated rings. The molecule has 5 heteroatoms. The van der Waals surface area contributed by atoms with Gasteiger partial charge in [-0.25, -0.2) is 9.97 Å². The van der Waals surface area contributed by atoms with Gasteiger partial charge in [0.2, 0.25) is 0 Å². The average Bonchev–Trinajstić information content (AvgIpc) is 2.47. The lowest BCUT2D eigenvalue weighted by molar-refractivity contribution is 0.949. The van der Waals surface area contributed by atoms with Crippen LogP contribution in [0, 0.1) is 0 Å². The van der Waals surface area contributed by atoms with Crippen LogP contribution in [0.3, 0.4) is 0 Å². The van der Waals surface area contributed by atoms with E-state index in [1.54, 1.807) is 12.3 Å². The van der Waals surface area contributed by atoms with E-state index in [9.17, 15) is 0 Å². The van der Waals surface area contributed by atoms with Crippen molar-refractivity contribution >= 4 is 28.1 Å². The molecule has 0 aliphatic carbocycles. The number of benzene rings is 1. The Morgan fingerprint density at radius 2 is 2.10 bits per heavy atom. The molecule has 0 bridgehead atoms. The first-order chi connectivity index (χ1) is 9.76. The average molecular weight is 265 g/mol. The predicted molar refractivity (Wildman–Crippen MR) is 80.8 cm³/mol. The van der Waals surface area contributed by atoms with Crippen molar-refractivity contribution in [3.8, 4) is 0 Å². The van der Waals surface area contributed by atoms with Gasteiger partial charge in [0.1, 0.15) is 17.5 Å². The van der Waals surface area contributed by atoms with Gasteiger partial charge in [-0.1, -0.05) is 19.1 Å². The molecular formula is C15H15N5. The number of nitrogens with zero attached hydrogens (tertiary/aromatic N) is 3. The van der Waals surface area contributed by atoms with E-state index in [4.69, 9.17) is 5.73 Å². The van der Waals surface area contributed by atoms with Crippen molar-refractivity contribution in [3.05, 3.63) is 48.5 Å². The number of nitrogen functional groups attached to an aromatic ring is 1. The topological polar surface area (TPSA) is 76.7 Å². The van der Waals surface area contributed by atoms with Crippen LogP contribution in [0.4, 0.5) is 17.3 Å². The molecule has 2 heterocycles. The van der Waals surface area contributed by atoms with Crippen LogP contribution in [0.5, 0.6) is 0 Å². The first-order valence-electron chi connectivity index (χ1n) is 6.49. The minimum absolute atomic E-state index is 0.470. The maximum absolute atomic E-state index is 5.80. The van der Waals surface area contributed by atoms with E-state index < -0.39 is 0 Å². The number of hydrogen-bond acceptors (Lipinski definition) is 5. The largest absolute Gasteiger partial charge is 0.384 e. The summed E-state index contributed by atoms with van der Waals surface area (Å²) in [5.74, 6) is 1.90. The molecular weight excluding hydrogens is 250 g/mol. The van der Waals surface area contributed by atoms with Gasteiger partial charge < -0.3 is 11.1 Å². The van der Waals surface area contributed by atoms with E-state index in [2.05, 4.69) is 20.3 Å². The number of fused-ring (bicyclic) bond motifs is 1. The second kappa shape index (κ2) is 5.13. The lowest BCUT2D eigenvalue weighted by Gasteiger charge is -2.10. The summed E-state index contributed by atoms with van der Waals surface area (Å²) in [5.41, 5.74) is 6.75. The van der Waals surface area contributed by atoms with Crippen molar-refractivity contribution in [1.29, 1.82) is 0 Å². The first-order valence-corrected chi connectivity index (χ1v) is 6.49. The quantitative estimate of drug-likeness (QED) is 0.761. The zero-order valence-electron chi connectivity index (χ0n) is 11.2. The van der Waals surface area contributed by atoms with Crippen LogP contribution < -0.4 is 11.1 Å². The van der Waals surface area contributed by atoms with Crippen LogP contribution in [0.2, 0.25) is 0 Å². The fraction of sp³-hybridized carbons (Fsp3) is 0.133. The minimum atomic E-state index is 0.470. The number of nitrogens with one attached hydrogen (secondary N) is 1. The van der Waals surface area contributed by atoms with Crippen LogP contribution >= 0.6 is 0 Å². The smallest absolute Gasteiger partial charge is 0.136 e. The summed E-state index contributed by atoms with van der Waals surface area (Å²) in [6.45, 7) is 2.00. The standard InChI is InChI=1S/C15H15N5/c1-2-14-19-13(16)8-15(20-14)18-12-5-3-4-10-6-7-17-9-11(10)12/h3-9H,2H2,1H3,(H3,16,18,19,20). The first kappa shape index (κ1) is 12.3. The molecule has 1 aromatic carbocycles. The third-order valence-electron chi connectivity index (χ3n) is 3.05. The number of anilines is 3. The molecule has 3 rings (SSSR count). The SMILES string of the molecule is CCc1nc(N)cc(Nc2cccc3ccncc23)n1. The van der Waals surface area contributed by atoms with Crippen molar-refractivity contribution in [1.82, 2.24) is 15.0 Å². The molecule has 3 N–H and O–H groups in total.